The molecule has 1 aliphatic heterocycles. The molecule has 0 N–H and O–H groups in total. The molecule has 6 heteroatoms. The molecule has 1 amide bonds. The van der Waals surface area contributed by atoms with Crippen LogP contribution in [0, 0.1) is 16.7 Å². The number of nitriles is 1. The fraction of sp³-hybridized carbons (Fsp3) is 0.667. The zero-order valence-electron chi connectivity index (χ0n) is 12.8. The Morgan fingerprint density at radius 3 is 2.67 bits per heavy atom. The lowest BCUT2D eigenvalue weighted by Gasteiger charge is -2.37. The summed E-state index contributed by atoms with van der Waals surface area (Å²) in [5.74, 6) is 0. The van der Waals surface area contributed by atoms with Crippen molar-refractivity contribution in [2.75, 3.05) is 13.1 Å². The summed E-state index contributed by atoms with van der Waals surface area (Å²) in [5, 5.41) is 9.51. The Balaban J connectivity index is 1.95. The van der Waals surface area contributed by atoms with Crippen LogP contribution in [0.4, 0.5) is 4.79 Å². The van der Waals surface area contributed by atoms with Gasteiger partial charge in [0.05, 0.1) is 17.2 Å². The molecule has 0 radical (unpaired) electrons. The largest absolute Gasteiger partial charge is 0.451 e. The molecule has 2 rings (SSSR count). The third-order valence-electron chi connectivity index (χ3n) is 3.61. The number of rotatable bonds is 2. The Morgan fingerprint density at radius 1 is 1.52 bits per heavy atom. The SMILES string of the molecule is CC(C)(C)OC(=O)N1CCC(C#N)(Cc2cocn2)CC1. The van der Waals surface area contributed by atoms with Gasteiger partial charge in [0.25, 0.3) is 0 Å². The molecule has 0 aromatic carbocycles. The Morgan fingerprint density at radius 2 is 2.19 bits per heavy atom. The molecule has 1 aromatic rings. The third-order valence-corrected chi connectivity index (χ3v) is 3.61. The number of nitrogens with zero attached hydrogens (tertiary/aromatic N) is 3. The van der Waals surface area contributed by atoms with E-state index in [1.54, 1.807) is 11.2 Å². The van der Waals surface area contributed by atoms with Gasteiger partial charge in [0.15, 0.2) is 6.39 Å². The van der Waals surface area contributed by atoms with E-state index in [9.17, 15) is 10.1 Å². The van der Waals surface area contributed by atoms with Crippen molar-refractivity contribution in [2.45, 2.75) is 45.6 Å². The summed E-state index contributed by atoms with van der Waals surface area (Å²) in [4.78, 5) is 17.8. The summed E-state index contributed by atoms with van der Waals surface area (Å²) >= 11 is 0. The highest BCUT2D eigenvalue weighted by molar-refractivity contribution is 5.68. The van der Waals surface area contributed by atoms with Crippen molar-refractivity contribution in [3.63, 3.8) is 0 Å². The fourth-order valence-electron chi connectivity index (χ4n) is 2.44. The van der Waals surface area contributed by atoms with Crippen LogP contribution >= 0.6 is 0 Å². The second kappa shape index (κ2) is 5.76. The average Bonchev–Trinajstić information content (AvgIpc) is 2.90. The monoisotopic (exact) mass is 291 g/mol. The van der Waals surface area contributed by atoms with E-state index in [2.05, 4.69) is 11.1 Å². The van der Waals surface area contributed by atoms with Gasteiger partial charge >= 0.3 is 6.09 Å². The Labute approximate surface area is 124 Å². The van der Waals surface area contributed by atoms with Crippen molar-refractivity contribution in [2.24, 2.45) is 5.41 Å². The molecule has 1 saturated heterocycles. The molecule has 1 fully saturated rings. The number of hydrogen-bond donors (Lipinski definition) is 0. The smallest absolute Gasteiger partial charge is 0.410 e. The molecule has 0 atom stereocenters. The minimum atomic E-state index is -0.498. The predicted octanol–water partition coefficient (Wildman–Crippen LogP) is 2.76. The second-order valence-electron chi connectivity index (χ2n) is 6.52. The van der Waals surface area contributed by atoms with Crippen molar-refractivity contribution in [1.82, 2.24) is 9.88 Å². The van der Waals surface area contributed by atoms with Crippen molar-refractivity contribution in [3.8, 4) is 6.07 Å². The first kappa shape index (κ1) is 15.4. The van der Waals surface area contributed by atoms with Crippen molar-refractivity contribution in [1.29, 1.82) is 5.26 Å². The van der Waals surface area contributed by atoms with Gasteiger partial charge in [-0.05, 0) is 33.6 Å². The molecular weight excluding hydrogens is 270 g/mol. The summed E-state index contributed by atoms with van der Waals surface area (Å²) in [7, 11) is 0. The van der Waals surface area contributed by atoms with E-state index in [0.717, 1.165) is 5.69 Å². The van der Waals surface area contributed by atoms with Crippen molar-refractivity contribution < 1.29 is 13.9 Å². The minimum absolute atomic E-state index is 0.310. The summed E-state index contributed by atoms with van der Waals surface area (Å²) in [6.45, 7) is 6.59. The summed E-state index contributed by atoms with van der Waals surface area (Å²) in [5.41, 5.74) is -0.195. The lowest BCUT2D eigenvalue weighted by atomic mass is 9.76. The maximum Gasteiger partial charge on any atom is 0.410 e. The predicted molar refractivity (Wildman–Crippen MR) is 75.3 cm³/mol. The van der Waals surface area contributed by atoms with Gasteiger partial charge in [0.1, 0.15) is 11.9 Å². The highest BCUT2D eigenvalue weighted by Gasteiger charge is 2.38. The second-order valence-corrected chi connectivity index (χ2v) is 6.52. The number of carbonyl (C=O) groups is 1. The summed E-state index contributed by atoms with van der Waals surface area (Å²) in [6.07, 6.45) is 4.43. The molecule has 21 heavy (non-hydrogen) atoms. The molecule has 0 bridgehead atoms. The molecule has 0 spiro atoms. The number of amides is 1. The fourth-order valence-corrected chi connectivity index (χ4v) is 2.44. The van der Waals surface area contributed by atoms with Crippen LogP contribution in [-0.2, 0) is 11.2 Å². The van der Waals surface area contributed by atoms with Crippen LogP contribution in [0.3, 0.4) is 0 Å². The van der Waals surface area contributed by atoms with Crippen LogP contribution in [-0.4, -0.2) is 34.7 Å². The van der Waals surface area contributed by atoms with E-state index in [-0.39, 0.29) is 6.09 Å². The summed E-state index contributed by atoms with van der Waals surface area (Å²) < 4.78 is 10.3. The highest BCUT2D eigenvalue weighted by Crippen LogP contribution is 2.34. The highest BCUT2D eigenvalue weighted by atomic mass is 16.6. The molecule has 1 aliphatic rings. The van der Waals surface area contributed by atoms with Crippen LogP contribution in [0.1, 0.15) is 39.3 Å². The van der Waals surface area contributed by atoms with Gasteiger partial charge in [-0.15, -0.1) is 0 Å². The maximum atomic E-state index is 12.0. The number of aromatic nitrogens is 1. The lowest BCUT2D eigenvalue weighted by molar-refractivity contribution is 0.0148. The number of ether oxygens (including phenoxy) is 1. The van der Waals surface area contributed by atoms with Crippen LogP contribution in [0.25, 0.3) is 0 Å². The van der Waals surface area contributed by atoms with Crippen molar-refractivity contribution >= 4 is 6.09 Å². The van der Waals surface area contributed by atoms with Gasteiger partial charge in [-0.3, -0.25) is 0 Å². The lowest BCUT2D eigenvalue weighted by Crippen LogP contribution is -2.45. The molecule has 1 aromatic heterocycles. The number of carbonyl (C=O) groups excluding carboxylic acids is 1. The van der Waals surface area contributed by atoms with Crippen LogP contribution in [0.15, 0.2) is 17.1 Å². The molecule has 0 unspecified atom stereocenters. The van der Waals surface area contributed by atoms with Gasteiger partial charge in [0, 0.05) is 19.5 Å². The van der Waals surface area contributed by atoms with E-state index >= 15 is 0 Å². The van der Waals surface area contributed by atoms with Gasteiger partial charge in [-0.25, -0.2) is 9.78 Å². The zero-order valence-corrected chi connectivity index (χ0v) is 12.8. The van der Waals surface area contributed by atoms with E-state index in [1.165, 1.54) is 6.39 Å². The Kier molecular flexibility index (Phi) is 4.21. The molecule has 0 aliphatic carbocycles. The number of oxazole rings is 1. The topological polar surface area (TPSA) is 79.4 Å². The first-order valence-corrected chi connectivity index (χ1v) is 7.10. The minimum Gasteiger partial charge on any atom is -0.451 e. The molecule has 6 nitrogen and oxygen atoms in total. The standard InChI is InChI=1S/C15H21N3O3/c1-14(2,3)21-13(19)18-6-4-15(10-16,5-7-18)8-12-9-20-11-17-12/h9,11H,4-8H2,1-3H3. The first-order valence-electron chi connectivity index (χ1n) is 7.10. The Hall–Kier alpha value is -2.03. The molecule has 0 saturated carbocycles. The number of likely N-dealkylation sites (tertiary alicyclic amines) is 1. The maximum absolute atomic E-state index is 12.0. The van der Waals surface area contributed by atoms with Crippen molar-refractivity contribution in [3.05, 3.63) is 18.4 Å². The average molecular weight is 291 g/mol. The first-order chi connectivity index (χ1) is 9.84. The van der Waals surface area contributed by atoms with Gasteiger partial charge in [-0.1, -0.05) is 0 Å². The van der Waals surface area contributed by atoms with E-state index in [1.807, 2.05) is 20.8 Å². The molecule has 2 heterocycles. The number of hydrogen-bond acceptors (Lipinski definition) is 5. The molecule has 114 valence electrons. The zero-order chi connectivity index (χ0) is 15.5. The van der Waals surface area contributed by atoms with Gasteiger partial charge in [0.2, 0.25) is 0 Å². The quantitative estimate of drug-likeness (QED) is 0.837. The van der Waals surface area contributed by atoms with E-state index in [0.29, 0.717) is 32.4 Å². The van der Waals surface area contributed by atoms with E-state index in [4.69, 9.17) is 9.15 Å². The van der Waals surface area contributed by atoms with E-state index < -0.39 is 11.0 Å². The van der Waals surface area contributed by atoms with Crippen LogP contribution in [0.5, 0.6) is 0 Å². The Bertz CT molecular complexity index is 517. The normalized spacial score (nSPS) is 18.1. The van der Waals surface area contributed by atoms with Gasteiger partial charge < -0.3 is 14.1 Å². The van der Waals surface area contributed by atoms with Crippen LogP contribution in [0.2, 0.25) is 0 Å². The van der Waals surface area contributed by atoms with Gasteiger partial charge in [-0.2, -0.15) is 5.26 Å². The number of piperidine rings is 1. The summed E-state index contributed by atoms with van der Waals surface area (Å²) in [6, 6.07) is 2.40. The third kappa shape index (κ3) is 3.97. The van der Waals surface area contributed by atoms with Crippen LogP contribution < -0.4 is 0 Å². The molecular formula is C15H21N3O3.